The summed E-state index contributed by atoms with van der Waals surface area (Å²) in [4.78, 5) is 12.2. The monoisotopic (exact) mass is 330 g/mol. The van der Waals surface area contributed by atoms with Crippen molar-refractivity contribution in [1.82, 2.24) is 4.57 Å². The van der Waals surface area contributed by atoms with Crippen LogP contribution in [-0.2, 0) is 4.74 Å². The van der Waals surface area contributed by atoms with Crippen LogP contribution in [0.5, 0.6) is 0 Å². The first-order valence-electron chi connectivity index (χ1n) is 7.51. The van der Waals surface area contributed by atoms with E-state index in [1.165, 1.54) is 0 Å². The van der Waals surface area contributed by atoms with Gasteiger partial charge >= 0.3 is 5.97 Å². The first kappa shape index (κ1) is 17.1. The van der Waals surface area contributed by atoms with Gasteiger partial charge in [-0.05, 0) is 44.5 Å². The van der Waals surface area contributed by atoms with Crippen molar-refractivity contribution in [2.75, 3.05) is 6.61 Å². The molecular weight excluding hydrogens is 312 g/mol. The van der Waals surface area contributed by atoms with Crippen molar-refractivity contribution in [2.45, 2.75) is 32.2 Å². The van der Waals surface area contributed by atoms with Crippen molar-refractivity contribution >= 4 is 17.6 Å². The zero-order valence-electron chi connectivity index (χ0n) is 13.4. The number of hydrogen-bond donors (Lipinski definition) is 0. The van der Waals surface area contributed by atoms with Crippen molar-refractivity contribution in [3.8, 4) is 6.07 Å². The molecule has 0 bridgehead atoms. The number of nitriles is 1. The maximum Gasteiger partial charge on any atom is 0.340 e. The zero-order valence-corrected chi connectivity index (χ0v) is 14.2. The minimum Gasteiger partial charge on any atom is -0.462 e. The molecule has 0 saturated carbocycles. The van der Waals surface area contributed by atoms with Crippen molar-refractivity contribution in [3.05, 3.63) is 58.9 Å². The molecule has 2 rings (SSSR count). The average Bonchev–Trinajstić information content (AvgIpc) is 2.99. The molecule has 4 nitrogen and oxygen atoms in total. The second kappa shape index (κ2) is 7.34. The first-order chi connectivity index (χ1) is 11.0. The second-order valence-electron chi connectivity index (χ2n) is 5.43. The lowest BCUT2D eigenvalue weighted by molar-refractivity contribution is 0.0525. The highest BCUT2D eigenvalue weighted by Crippen LogP contribution is 2.34. The van der Waals surface area contributed by atoms with E-state index in [0.29, 0.717) is 23.4 Å². The molecule has 1 aromatic heterocycles. The molecule has 0 N–H and O–H groups in total. The van der Waals surface area contributed by atoms with Crippen LogP contribution in [-0.4, -0.2) is 17.1 Å². The summed E-state index contributed by atoms with van der Waals surface area (Å²) in [6, 6.07) is 11.0. The van der Waals surface area contributed by atoms with E-state index in [9.17, 15) is 4.79 Å². The SMILES string of the molecule is CCOC(=O)c1ccn(C(C)C)c1C(Cl)c1ccc(C#N)cc1. The summed E-state index contributed by atoms with van der Waals surface area (Å²) in [6.07, 6.45) is 1.85. The third-order valence-corrected chi connectivity index (χ3v) is 4.04. The maximum absolute atomic E-state index is 12.2. The van der Waals surface area contributed by atoms with Crippen LogP contribution in [0.3, 0.4) is 0 Å². The van der Waals surface area contributed by atoms with Crippen LogP contribution < -0.4 is 0 Å². The molecule has 0 aliphatic rings. The van der Waals surface area contributed by atoms with E-state index in [0.717, 1.165) is 5.56 Å². The standard InChI is InChI=1S/C18H19ClN2O2/c1-4-23-18(22)15-9-10-21(12(2)3)17(15)16(19)14-7-5-13(11-20)6-8-14/h5-10,12,16H,4H2,1-3H3. The number of hydrogen-bond acceptors (Lipinski definition) is 3. The second-order valence-corrected chi connectivity index (χ2v) is 5.87. The number of benzene rings is 1. The maximum atomic E-state index is 12.2. The summed E-state index contributed by atoms with van der Waals surface area (Å²) in [5.41, 5.74) is 2.59. The Bertz CT molecular complexity index is 726. The summed E-state index contributed by atoms with van der Waals surface area (Å²) in [5.74, 6) is -0.374. The van der Waals surface area contributed by atoms with Gasteiger partial charge in [-0.3, -0.25) is 0 Å². The fourth-order valence-electron chi connectivity index (χ4n) is 2.44. The number of esters is 1. The zero-order chi connectivity index (χ0) is 17.0. The number of nitrogens with zero attached hydrogens (tertiary/aromatic N) is 2. The first-order valence-corrected chi connectivity index (χ1v) is 7.95. The fraction of sp³-hybridized carbons (Fsp3) is 0.333. The van der Waals surface area contributed by atoms with E-state index < -0.39 is 5.38 Å². The molecule has 0 fully saturated rings. The normalized spacial score (nSPS) is 12.0. The lowest BCUT2D eigenvalue weighted by Gasteiger charge is -2.19. The van der Waals surface area contributed by atoms with E-state index in [1.807, 2.05) is 36.7 Å². The van der Waals surface area contributed by atoms with Gasteiger partial charge in [-0.1, -0.05) is 12.1 Å². The Morgan fingerprint density at radius 2 is 1.96 bits per heavy atom. The predicted octanol–water partition coefficient (Wildman–Crippen LogP) is 4.45. The number of aromatic nitrogens is 1. The minimum atomic E-state index is -0.500. The third kappa shape index (κ3) is 3.57. The molecule has 0 aliphatic heterocycles. The van der Waals surface area contributed by atoms with Crippen LogP contribution in [0.2, 0.25) is 0 Å². The predicted molar refractivity (Wildman–Crippen MR) is 89.6 cm³/mol. The Balaban J connectivity index is 2.48. The molecule has 0 radical (unpaired) electrons. The van der Waals surface area contributed by atoms with Gasteiger partial charge < -0.3 is 9.30 Å². The highest BCUT2D eigenvalue weighted by molar-refractivity contribution is 6.23. The van der Waals surface area contributed by atoms with Gasteiger partial charge in [0.25, 0.3) is 0 Å². The van der Waals surface area contributed by atoms with E-state index in [4.69, 9.17) is 21.6 Å². The largest absolute Gasteiger partial charge is 0.462 e. The Hall–Kier alpha value is -2.25. The molecule has 5 heteroatoms. The summed E-state index contributed by atoms with van der Waals surface area (Å²) in [6.45, 7) is 6.15. The van der Waals surface area contributed by atoms with E-state index >= 15 is 0 Å². The Morgan fingerprint density at radius 1 is 1.30 bits per heavy atom. The lowest BCUT2D eigenvalue weighted by atomic mass is 10.0. The van der Waals surface area contributed by atoms with Gasteiger partial charge in [0.05, 0.1) is 34.9 Å². The molecule has 0 aliphatic carbocycles. The van der Waals surface area contributed by atoms with Gasteiger partial charge in [-0.25, -0.2) is 4.79 Å². The molecule has 1 atom stereocenters. The smallest absolute Gasteiger partial charge is 0.340 e. The van der Waals surface area contributed by atoms with Crippen LogP contribution in [0, 0.1) is 11.3 Å². The number of ether oxygens (including phenoxy) is 1. The highest BCUT2D eigenvalue weighted by Gasteiger charge is 2.25. The van der Waals surface area contributed by atoms with Crippen LogP contribution >= 0.6 is 11.6 Å². The van der Waals surface area contributed by atoms with Gasteiger partial charge in [0.1, 0.15) is 0 Å². The molecule has 1 heterocycles. The van der Waals surface area contributed by atoms with Gasteiger partial charge in [-0.2, -0.15) is 5.26 Å². The van der Waals surface area contributed by atoms with E-state index in [2.05, 4.69) is 6.07 Å². The Labute approximate surface area is 141 Å². The van der Waals surface area contributed by atoms with Crippen LogP contribution in [0.25, 0.3) is 0 Å². The van der Waals surface area contributed by atoms with Crippen molar-refractivity contribution in [1.29, 1.82) is 5.26 Å². The summed E-state index contributed by atoms with van der Waals surface area (Å²) < 4.78 is 7.10. The van der Waals surface area contributed by atoms with Crippen molar-refractivity contribution in [2.24, 2.45) is 0 Å². The average molecular weight is 331 g/mol. The number of alkyl halides is 1. The highest BCUT2D eigenvalue weighted by atomic mass is 35.5. The molecule has 0 amide bonds. The Kier molecular flexibility index (Phi) is 5.46. The molecule has 1 aromatic carbocycles. The number of rotatable bonds is 5. The van der Waals surface area contributed by atoms with E-state index in [-0.39, 0.29) is 12.0 Å². The van der Waals surface area contributed by atoms with Crippen LogP contribution in [0.1, 0.15) is 59.4 Å². The van der Waals surface area contributed by atoms with Gasteiger partial charge in [0, 0.05) is 12.2 Å². The lowest BCUT2D eigenvalue weighted by Crippen LogP contribution is -2.13. The molecule has 120 valence electrons. The van der Waals surface area contributed by atoms with Crippen LogP contribution in [0.4, 0.5) is 0 Å². The molecule has 0 saturated heterocycles. The van der Waals surface area contributed by atoms with Crippen LogP contribution in [0.15, 0.2) is 36.5 Å². The van der Waals surface area contributed by atoms with Gasteiger partial charge in [-0.15, -0.1) is 11.6 Å². The minimum absolute atomic E-state index is 0.160. The molecular formula is C18H19ClN2O2. The van der Waals surface area contributed by atoms with Crippen molar-refractivity contribution in [3.63, 3.8) is 0 Å². The molecule has 2 aromatic rings. The van der Waals surface area contributed by atoms with Crippen molar-refractivity contribution < 1.29 is 9.53 Å². The topological polar surface area (TPSA) is 55.0 Å². The van der Waals surface area contributed by atoms with Gasteiger partial charge in [0.2, 0.25) is 0 Å². The molecule has 23 heavy (non-hydrogen) atoms. The quantitative estimate of drug-likeness (QED) is 0.601. The molecule has 1 unspecified atom stereocenters. The summed E-state index contributed by atoms with van der Waals surface area (Å²) in [5, 5.41) is 8.40. The third-order valence-electron chi connectivity index (χ3n) is 3.58. The number of carbonyl (C=O) groups excluding carboxylic acids is 1. The Morgan fingerprint density at radius 3 is 2.48 bits per heavy atom. The summed E-state index contributed by atoms with van der Waals surface area (Å²) >= 11 is 6.66. The number of halogens is 1. The van der Waals surface area contributed by atoms with E-state index in [1.54, 1.807) is 25.1 Å². The number of carbonyl (C=O) groups is 1. The van der Waals surface area contributed by atoms with Gasteiger partial charge in [0.15, 0.2) is 0 Å². The molecule has 0 spiro atoms. The fourth-order valence-corrected chi connectivity index (χ4v) is 2.82. The summed E-state index contributed by atoms with van der Waals surface area (Å²) in [7, 11) is 0.